The molecule has 7 heteroatoms. The molecule has 1 atom stereocenters. The minimum absolute atomic E-state index is 0.220. The highest BCUT2D eigenvalue weighted by Crippen LogP contribution is 2.17. The van der Waals surface area contributed by atoms with Crippen molar-refractivity contribution < 1.29 is 4.52 Å². The Hall–Kier alpha value is -2.80. The summed E-state index contributed by atoms with van der Waals surface area (Å²) in [6.07, 6.45) is 2.30. The van der Waals surface area contributed by atoms with Crippen LogP contribution in [-0.2, 0) is 6.42 Å². The molecule has 0 fully saturated rings. The Morgan fingerprint density at radius 3 is 2.87 bits per heavy atom. The van der Waals surface area contributed by atoms with Crippen molar-refractivity contribution in [2.75, 3.05) is 7.05 Å². The van der Waals surface area contributed by atoms with Crippen LogP contribution in [0.3, 0.4) is 0 Å². The van der Waals surface area contributed by atoms with Crippen LogP contribution in [0.1, 0.15) is 12.7 Å². The van der Waals surface area contributed by atoms with E-state index in [9.17, 15) is 4.79 Å². The van der Waals surface area contributed by atoms with Gasteiger partial charge < -0.3 is 14.8 Å². The van der Waals surface area contributed by atoms with Gasteiger partial charge in [-0.25, -0.2) is 0 Å². The number of hydrogen-bond acceptors (Lipinski definition) is 6. The summed E-state index contributed by atoms with van der Waals surface area (Å²) in [6, 6.07) is 9.18. The second kappa shape index (κ2) is 6.53. The molecular formula is C16H17N5O2. The maximum Gasteiger partial charge on any atom is 0.263 e. The Labute approximate surface area is 132 Å². The van der Waals surface area contributed by atoms with Crippen LogP contribution in [0.25, 0.3) is 22.8 Å². The zero-order valence-electron chi connectivity index (χ0n) is 12.9. The molecule has 0 amide bonds. The van der Waals surface area contributed by atoms with E-state index in [1.165, 1.54) is 0 Å². The van der Waals surface area contributed by atoms with Gasteiger partial charge in [-0.1, -0.05) is 11.2 Å². The number of pyridine rings is 2. The van der Waals surface area contributed by atoms with E-state index in [0.29, 0.717) is 29.2 Å². The van der Waals surface area contributed by atoms with Crippen molar-refractivity contribution in [2.45, 2.75) is 19.4 Å². The van der Waals surface area contributed by atoms with E-state index in [0.717, 1.165) is 0 Å². The molecule has 0 saturated carbocycles. The minimum Gasteiger partial charge on any atom is -0.334 e. The van der Waals surface area contributed by atoms with E-state index in [4.69, 9.17) is 4.52 Å². The normalized spacial score (nSPS) is 12.3. The Morgan fingerprint density at radius 1 is 1.30 bits per heavy atom. The number of aromatic amines is 1. The fraction of sp³-hybridized carbons (Fsp3) is 0.250. The smallest absolute Gasteiger partial charge is 0.263 e. The van der Waals surface area contributed by atoms with Gasteiger partial charge in [-0.15, -0.1) is 0 Å². The highest BCUT2D eigenvalue weighted by atomic mass is 16.5. The lowest BCUT2D eigenvalue weighted by Crippen LogP contribution is -2.24. The quantitative estimate of drug-likeness (QED) is 0.743. The van der Waals surface area contributed by atoms with Gasteiger partial charge in [0.1, 0.15) is 5.56 Å². The Balaban J connectivity index is 1.88. The predicted octanol–water partition coefficient (Wildman–Crippen LogP) is 1.64. The Morgan fingerprint density at radius 2 is 2.17 bits per heavy atom. The molecule has 118 valence electrons. The Kier molecular flexibility index (Phi) is 4.29. The first-order valence-corrected chi connectivity index (χ1v) is 7.32. The molecule has 1 unspecified atom stereocenters. The molecule has 0 aromatic carbocycles. The number of aromatic nitrogens is 4. The molecule has 23 heavy (non-hydrogen) atoms. The molecule has 0 aliphatic rings. The average Bonchev–Trinajstić information content (AvgIpc) is 3.03. The third-order valence-corrected chi connectivity index (χ3v) is 3.53. The lowest BCUT2D eigenvalue weighted by atomic mass is 10.2. The summed E-state index contributed by atoms with van der Waals surface area (Å²) in [6.45, 7) is 2.02. The van der Waals surface area contributed by atoms with E-state index in [-0.39, 0.29) is 17.5 Å². The lowest BCUT2D eigenvalue weighted by molar-refractivity contribution is 0.418. The third kappa shape index (κ3) is 3.35. The summed E-state index contributed by atoms with van der Waals surface area (Å²) in [7, 11) is 1.87. The number of rotatable bonds is 5. The van der Waals surface area contributed by atoms with Gasteiger partial charge in [-0.05, 0) is 38.2 Å². The maximum absolute atomic E-state index is 12.3. The number of hydrogen-bond donors (Lipinski definition) is 2. The summed E-state index contributed by atoms with van der Waals surface area (Å²) in [5.74, 6) is 0.784. The lowest BCUT2D eigenvalue weighted by Gasteiger charge is -2.04. The standard InChI is InChI=1S/C16H17N5O2/c1-10(17-2)9-14-20-16(23-21-14)11-6-7-13(19-15(11)22)12-5-3-4-8-18-12/h3-8,10,17H,9H2,1-2H3,(H,19,22). The molecule has 0 aliphatic carbocycles. The molecular weight excluding hydrogens is 294 g/mol. The van der Waals surface area contributed by atoms with Crippen LogP contribution in [0.2, 0.25) is 0 Å². The minimum atomic E-state index is -0.287. The highest BCUT2D eigenvalue weighted by Gasteiger charge is 2.14. The number of nitrogens with zero attached hydrogens (tertiary/aromatic N) is 3. The summed E-state index contributed by atoms with van der Waals surface area (Å²) in [5, 5.41) is 7.01. The fourth-order valence-corrected chi connectivity index (χ4v) is 2.14. The van der Waals surface area contributed by atoms with Gasteiger partial charge in [0.25, 0.3) is 11.4 Å². The van der Waals surface area contributed by atoms with Crippen LogP contribution in [0.5, 0.6) is 0 Å². The van der Waals surface area contributed by atoms with Crippen LogP contribution in [-0.4, -0.2) is 33.2 Å². The van der Waals surface area contributed by atoms with Crippen LogP contribution >= 0.6 is 0 Å². The van der Waals surface area contributed by atoms with Crippen molar-refractivity contribution in [3.8, 4) is 22.8 Å². The summed E-state index contributed by atoms with van der Waals surface area (Å²) in [4.78, 5) is 23.6. The Bertz CT molecular complexity index is 841. The monoisotopic (exact) mass is 311 g/mol. The first-order valence-electron chi connectivity index (χ1n) is 7.32. The van der Waals surface area contributed by atoms with Crippen molar-refractivity contribution in [3.63, 3.8) is 0 Å². The van der Waals surface area contributed by atoms with Gasteiger partial charge in [0, 0.05) is 18.7 Å². The largest absolute Gasteiger partial charge is 0.334 e. The third-order valence-electron chi connectivity index (χ3n) is 3.53. The molecule has 0 spiro atoms. The van der Waals surface area contributed by atoms with Gasteiger partial charge in [-0.3, -0.25) is 9.78 Å². The van der Waals surface area contributed by atoms with Crippen LogP contribution in [0.15, 0.2) is 45.8 Å². The first kappa shape index (κ1) is 15.1. The summed E-state index contributed by atoms with van der Waals surface area (Å²) < 4.78 is 5.20. The molecule has 0 radical (unpaired) electrons. The van der Waals surface area contributed by atoms with Crippen molar-refractivity contribution >= 4 is 0 Å². The molecule has 7 nitrogen and oxygen atoms in total. The highest BCUT2D eigenvalue weighted by molar-refractivity contribution is 5.59. The molecule has 2 N–H and O–H groups in total. The maximum atomic E-state index is 12.3. The topological polar surface area (TPSA) is 96.7 Å². The van der Waals surface area contributed by atoms with Gasteiger partial charge in [0.05, 0.1) is 11.4 Å². The zero-order valence-corrected chi connectivity index (χ0v) is 12.9. The van der Waals surface area contributed by atoms with Crippen molar-refractivity contribution in [3.05, 3.63) is 52.7 Å². The molecule has 3 aromatic rings. The van der Waals surface area contributed by atoms with E-state index < -0.39 is 0 Å². The molecule has 0 aliphatic heterocycles. The molecule has 0 saturated heterocycles. The number of H-pyrrole nitrogens is 1. The number of nitrogens with one attached hydrogen (secondary N) is 2. The van der Waals surface area contributed by atoms with E-state index >= 15 is 0 Å². The average molecular weight is 311 g/mol. The fourth-order valence-electron chi connectivity index (χ4n) is 2.14. The van der Waals surface area contributed by atoms with Gasteiger partial charge in [0.2, 0.25) is 0 Å². The molecule has 0 bridgehead atoms. The second-order valence-corrected chi connectivity index (χ2v) is 5.24. The van der Waals surface area contributed by atoms with E-state index in [1.54, 1.807) is 18.3 Å². The molecule has 3 aromatic heterocycles. The van der Waals surface area contributed by atoms with Gasteiger partial charge in [0.15, 0.2) is 5.82 Å². The number of likely N-dealkylation sites (N-methyl/N-ethyl adjacent to an activating group) is 1. The van der Waals surface area contributed by atoms with Crippen molar-refractivity contribution in [2.24, 2.45) is 0 Å². The van der Waals surface area contributed by atoms with Gasteiger partial charge >= 0.3 is 0 Å². The van der Waals surface area contributed by atoms with E-state index in [1.807, 2.05) is 32.2 Å². The first-order chi connectivity index (χ1) is 11.2. The van der Waals surface area contributed by atoms with Crippen LogP contribution in [0, 0.1) is 0 Å². The van der Waals surface area contributed by atoms with Crippen molar-refractivity contribution in [1.29, 1.82) is 0 Å². The molecule has 3 heterocycles. The predicted molar refractivity (Wildman–Crippen MR) is 85.8 cm³/mol. The second-order valence-electron chi connectivity index (χ2n) is 5.24. The van der Waals surface area contributed by atoms with E-state index in [2.05, 4.69) is 25.4 Å². The van der Waals surface area contributed by atoms with Gasteiger partial charge in [-0.2, -0.15) is 4.98 Å². The van der Waals surface area contributed by atoms with Crippen molar-refractivity contribution in [1.82, 2.24) is 25.4 Å². The summed E-state index contributed by atoms with van der Waals surface area (Å²) in [5.41, 5.74) is 1.40. The van der Waals surface area contributed by atoms with Crippen LogP contribution < -0.4 is 10.9 Å². The van der Waals surface area contributed by atoms with Crippen LogP contribution in [0.4, 0.5) is 0 Å². The summed E-state index contributed by atoms with van der Waals surface area (Å²) >= 11 is 0. The molecule has 3 rings (SSSR count). The zero-order chi connectivity index (χ0) is 16.2. The SMILES string of the molecule is CNC(C)Cc1noc(-c2ccc(-c3ccccn3)[nH]c2=O)n1.